The van der Waals surface area contributed by atoms with Crippen molar-refractivity contribution in [3.05, 3.63) is 28.8 Å². The molecule has 1 heterocycles. The number of carbonyl (C=O) groups is 1. The molecule has 2 N–H and O–H groups in total. The van der Waals surface area contributed by atoms with E-state index in [0.29, 0.717) is 23.5 Å². The minimum atomic E-state index is -0.248. The van der Waals surface area contributed by atoms with Gasteiger partial charge in [0.25, 0.3) is 5.91 Å². The lowest BCUT2D eigenvalue weighted by Crippen LogP contribution is -2.33. The Hall–Kier alpha value is -1.26. The number of nitrogens with one attached hydrogen (secondary N) is 1. The van der Waals surface area contributed by atoms with E-state index in [1.165, 1.54) is 6.07 Å². The number of carbonyl (C=O) groups excluding carboxylic acids is 1. The summed E-state index contributed by atoms with van der Waals surface area (Å²) in [6, 6.07) is 5.08. The maximum atomic E-state index is 12.0. The summed E-state index contributed by atoms with van der Waals surface area (Å²) in [6.45, 7) is 7.12. The average Bonchev–Trinajstić information content (AvgIpc) is 2.85. The van der Waals surface area contributed by atoms with Gasteiger partial charge in [0.15, 0.2) is 0 Å². The SMILES string of the molecule is CC(C)N1CCC(CNC(=O)c2ccc(Cl)cc2O)C1. The number of amides is 1. The Bertz CT molecular complexity index is 491. The van der Waals surface area contributed by atoms with E-state index in [1.807, 2.05) is 0 Å². The van der Waals surface area contributed by atoms with Crippen LogP contribution in [0, 0.1) is 5.92 Å². The van der Waals surface area contributed by atoms with E-state index in [1.54, 1.807) is 12.1 Å². The molecule has 0 spiro atoms. The molecule has 4 nitrogen and oxygen atoms in total. The normalized spacial score (nSPS) is 19.5. The van der Waals surface area contributed by atoms with Gasteiger partial charge < -0.3 is 15.3 Å². The summed E-state index contributed by atoms with van der Waals surface area (Å²) in [5, 5.41) is 13.0. The van der Waals surface area contributed by atoms with E-state index in [-0.39, 0.29) is 17.2 Å². The van der Waals surface area contributed by atoms with Crippen LogP contribution in [0.15, 0.2) is 18.2 Å². The topological polar surface area (TPSA) is 52.6 Å². The Morgan fingerprint density at radius 2 is 2.30 bits per heavy atom. The summed E-state index contributed by atoms with van der Waals surface area (Å²) in [5.74, 6) is 0.156. The van der Waals surface area contributed by atoms with Gasteiger partial charge in [-0.15, -0.1) is 0 Å². The van der Waals surface area contributed by atoms with Gasteiger partial charge in [-0.05, 0) is 50.9 Å². The fourth-order valence-corrected chi connectivity index (χ4v) is 2.69. The van der Waals surface area contributed by atoms with E-state index in [4.69, 9.17) is 11.6 Å². The molecule has 1 fully saturated rings. The van der Waals surface area contributed by atoms with Crippen molar-refractivity contribution in [1.82, 2.24) is 10.2 Å². The molecule has 1 aliphatic rings. The molecule has 110 valence electrons. The molecule has 1 atom stereocenters. The standard InChI is InChI=1S/C15H21ClN2O2/c1-10(2)18-6-5-11(9-18)8-17-15(20)13-4-3-12(16)7-14(13)19/h3-4,7,10-11,19H,5-6,8-9H2,1-2H3,(H,17,20). The van der Waals surface area contributed by atoms with Crippen LogP contribution in [0.2, 0.25) is 5.02 Å². The first-order valence-corrected chi connectivity index (χ1v) is 7.36. The summed E-state index contributed by atoms with van der Waals surface area (Å²) < 4.78 is 0. The monoisotopic (exact) mass is 296 g/mol. The number of hydrogen-bond donors (Lipinski definition) is 2. The number of phenolic OH excluding ortho intramolecular Hbond substituents is 1. The van der Waals surface area contributed by atoms with E-state index in [0.717, 1.165) is 19.5 Å². The molecule has 0 radical (unpaired) electrons. The van der Waals surface area contributed by atoms with Gasteiger partial charge in [0.05, 0.1) is 5.56 Å². The molecule has 1 amide bonds. The van der Waals surface area contributed by atoms with Crippen LogP contribution < -0.4 is 5.32 Å². The van der Waals surface area contributed by atoms with Crippen LogP contribution in [0.3, 0.4) is 0 Å². The lowest BCUT2D eigenvalue weighted by molar-refractivity contribution is 0.0944. The zero-order valence-electron chi connectivity index (χ0n) is 11.9. The van der Waals surface area contributed by atoms with Crippen molar-refractivity contribution in [2.24, 2.45) is 5.92 Å². The number of hydrogen-bond acceptors (Lipinski definition) is 3. The Morgan fingerprint density at radius 3 is 2.90 bits per heavy atom. The minimum Gasteiger partial charge on any atom is -0.507 e. The van der Waals surface area contributed by atoms with Crippen molar-refractivity contribution in [3.63, 3.8) is 0 Å². The zero-order chi connectivity index (χ0) is 14.7. The highest BCUT2D eigenvalue weighted by Gasteiger charge is 2.24. The Morgan fingerprint density at radius 1 is 1.55 bits per heavy atom. The van der Waals surface area contributed by atoms with Gasteiger partial charge >= 0.3 is 0 Å². The maximum Gasteiger partial charge on any atom is 0.255 e. The first-order chi connectivity index (χ1) is 9.47. The van der Waals surface area contributed by atoms with Gasteiger partial charge in [0.1, 0.15) is 5.75 Å². The molecule has 0 aliphatic carbocycles. The predicted octanol–water partition coefficient (Wildman–Crippen LogP) is 2.51. The molecule has 0 saturated carbocycles. The van der Waals surface area contributed by atoms with E-state index in [9.17, 15) is 9.90 Å². The number of nitrogens with zero attached hydrogens (tertiary/aromatic N) is 1. The third kappa shape index (κ3) is 3.64. The van der Waals surface area contributed by atoms with Crippen LogP contribution in [-0.4, -0.2) is 41.6 Å². The highest BCUT2D eigenvalue weighted by Crippen LogP contribution is 2.22. The second-order valence-corrected chi connectivity index (χ2v) is 6.05. The third-order valence-electron chi connectivity index (χ3n) is 3.80. The van der Waals surface area contributed by atoms with E-state index in [2.05, 4.69) is 24.1 Å². The van der Waals surface area contributed by atoms with Crippen LogP contribution in [0.4, 0.5) is 0 Å². The number of likely N-dealkylation sites (tertiary alicyclic amines) is 1. The molecule has 20 heavy (non-hydrogen) atoms. The highest BCUT2D eigenvalue weighted by molar-refractivity contribution is 6.30. The lowest BCUT2D eigenvalue weighted by Gasteiger charge is -2.20. The van der Waals surface area contributed by atoms with Gasteiger partial charge in [-0.3, -0.25) is 4.79 Å². The average molecular weight is 297 g/mol. The number of benzene rings is 1. The Labute approximate surface area is 124 Å². The Balaban J connectivity index is 1.87. The van der Waals surface area contributed by atoms with Crippen LogP contribution in [0.1, 0.15) is 30.6 Å². The molecule has 1 saturated heterocycles. The second kappa shape index (κ2) is 6.46. The molecule has 2 rings (SSSR count). The summed E-state index contributed by atoms with van der Waals surface area (Å²) in [4.78, 5) is 14.4. The van der Waals surface area contributed by atoms with Crippen LogP contribution in [-0.2, 0) is 0 Å². The number of halogens is 1. The van der Waals surface area contributed by atoms with Gasteiger partial charge in [0, 0.05) is 24.2 Å². The number of aromatic hydroxyl groups is 1. The summed E-state index contributed by atoms with van der Waals surface area (Å²) in [6.07, 6.45) is 1.10. The second-order valence-electron chi connectivity index (χ2n) is 5.61. The van der Waals surface area contributed by atoms with Crippen molar-refractivity contribution < 1.29 is 9.90 Å². The molecule has 1 aliphatic heterocycles. The fraction of sp³-hybridized carbons (Fsp3) is 0.533. The molecule has 1 aromatic rings. The molecular formula is C15H21ClN2O2. The van der Waals surface area contributed by atoms with Gasteiger partial charge in [-0.25, -0.2) is 0 Å². The van der Waals surface area contributed by atoms with Crippen molar-refractivity contribution in [2.45, 2.75) is 26.3 Å². The van der Waals surface area contributed by atoms with Crippen LogP contribution in [0.5, 0.6) is 5.75 Å². The van der Waals surface area contributed by atoms with E-state index >= 15 is 0 Å². The smallest absolute Gasteiger partial charge is 0.255 e. The minimum absolute atomic E-state index is 0.0785. The molecule has 0 aromatic heterocycles. The quantitative estimate of drug-likeness (QED) is 0.897. The largest absolute Gasteiger partial charge is 0.507 e. The fourth-order valence-electron chi connectivity index (χ4n) is 2.53. The molecular weight excluding hydrogens is 276 g/mol. The van der Waals surface area contributed by atoms with E-state index < -0.39 is 0 Å². The van der Waals surface area contributed by atoms with Gasteiger partial charge in [0.2, 0.25) is 0 Å². The van der Waals surface area contributed by atoms with Crippen LogP contribution >= 0.6 is 11.6 Å². The summed E-state index contributed by atoms with van der Waals surface area (Å²) >= 11 is 5.75. The maximum absolute atomic E-state index is 12.0. The molecule has 1 aromatic carbocycles. The van der Waals surface area contributed by atoms with Crippen molar-refractivity contribution in [2.75, 3.05) is 19.6 Å². The first kappa shape index (κ1) is 15.1. The molecule has 0 bridgehead atoms. The third-order valence-corrected chi connectivity index (χ3v) is 4.04. The van der Waals surface area contributed by atoms with Gasteiger partial charge in [-0.1, -0.05) is 11.6 Å². The lowest BCUT2D eigenvalue weighted by atomic mass is 10.1. The summed E-state index contributed by atoms with van der Waals surface area (Å²) in [5.41, 5.74) is 0.271. The predicted molar refractivity (Wildman–Crippen MR) is 80.3 cm³/mol. The zero-order valence-corrected chi connectivity index (χ0v) is 12.7. The van der Waals surface area contributed by atoms with Gasteiger partial charge in [-0.2, -0.15) is 0 Å². The molecule has 1 unspecified atom stereocenters. The summed E-state index contributed by atoms with van der Waals surface area (Å²) in [7, 11) is 0. The Kier molecular flexibility index (Phi) is 4.89. The number of rotatable bonds is 4. The number of phenols is 1. The van der Waals surface area contributed by atoms with Crippen molar-refractivity contribution >= 4 is 17.5 Å². The molecule has 5 heteroatoms. The van der Waals surface area contributed by atoms with Crippen LogP contribution in [0.25, 0.3) is 0 Å². The highest BCUT2D eigenvalue weighted by atomic mass is 35.5. The first-order valence-electron chi connectivity index (χ1n) is 6.98. The van der Waals surface area contributed by atoms with Crippen molar-refractivity contribution in [3.8, 4) is 5.75 Å². The van der Waals surface area contributed by atoms with Crippen molar-refractivity contribution in [1.29, 1.82) is 0 Å².